The van der Waals surface area contributed by atoms with Gasteiger partial charge < -0.3 is 24.6 Å². The lowest BCUT2D eigenvalue weighted by atomic mass is 9.69. The SMILES string of the molecule is C[Si](C)(C)CCOCn1ccc2c(-c3cnn(C4(CC#N)CC(N5CCC(Nc6cc(CO)nc(C(F)(F)F)n6)CC5)C4)c3)ncnc21. The van der Waals surface area contributed by atoms with Crippen molar-refractivity contribution in [2.24, 2.45) is 0 Å². The molecule has 5 heterocycles. The highest BCUT2D eigenvalue weighted by Crippen LogP contribution is 2.45. The summed E-state index contributed by atoms with van der Waals surface area (Å²) < 4.78 is 49.6. The molecule has 1 saturated heterocycles. The minimum Gasteiger partial charge on any atom is -0.390 e. The summed E-state index contributed by atoms with van der Waals surface area (Å²) in [4.78, 5) is 18.5. The van der Waals surface area contributed by atoms with E-state index in [1.807, 2.05) is 27.7 Å². The number of nitrogens with one attached hydrogen (secondary N) is 1. The van der Waals surface area contributed by atoms with Crippen molar-refractivity contribution in [2.45, 2.75) is 94.9 Å². The first kappa shape index (κ1) is 34.0. The van der Waals surface area contributed by atoms with Gasteiger partial charge in [0.05, 0.1) is 42.2 Å². The molecule has 2 aliphatic rings. The van der Waals surface area contributed by atoms with Crippen LogP contribution >= 0.6 is 0 Å². The van der Waals surface area contributed by atoms with E-state index in [4.69, 9.17) is 9.84 Å². The van der Waals surface area contributed by atoms with E-state index < -0.39 is 32.2 Å². The predicted octanol–water partition coefficient (Wildman–Crippen LogP) is 5.26. The lowest BCUT2D eigenvalue weighted by Gasteiger charge is -2.52. The Kier molecular flexibility index (Phi) is 9.58. The van der Waals surface area contributed by atoms with Crippen LogP contribution in [0.2, 0.25) is 25.7 Å². The molecule has 4 aromatic heterocycles. The number of hydrogen-bond acceptors (Lipinski definition) is 10. The second-order valence-electron chi connectivity index (χ2n) is 14.1. The van der Waals surface area contributed by atoms with Gasteiger partial charge in [-0.25, -0.2) is 19.9 Å². The van der Waals surface area contributed by atoms with Crippen molar-refractivity contribution in [2.75, 3.05) is 25.0 Å². The average molecular weight is 683 g/mol. The van der Waals surface area contributed by atoms with Crippen LogP contribution in [0.5, 0.6) is 0 Å². The van der Waals surface area contributed by atoms with Gasteiger partial charge in [-0.2, -0.15) is 23.5 Å². The summed E-state index contributed by atoms with van der Waals surface area (Å²) in [5, 5.41) is 27.9. The standard InChI is InChI=1S/C32H41F3N10O2Si/c1-48(2,3)13-12-47-21-44-11-6-26-28(37-20-38-29(26)44)22-17-39-45(18-22)31(7-8-36)15-25(16-31)43-9-4-23(5-10-43)40-27-14-24(19-46)41-30(42-27)32(33,34)35/h6,11,14,17-18,20,23,25,46H,4-5,7,9-10,12-13,15-16,19,21H2,1-3H3,(H,40,41,42). The molecule has 12 nitrogen and oxygen atoms in total. The number of likely N-dealkylation sites (tertiary alicyclic amines) is 1. The maximum Gasteiger partial charge on any atom is 0.451 e. The van der Waals surface area contributed by atoms with E-state index in [9.17, 15) is 23.5 Å². The molecule has 2 fully saturated rings. The van der Waals surface area contributed by atoms with Gasteiger partial charge in [0, 0.05) is 69.3 Å². The number of rotatable bonds is 12. The van der Waals surface area contributed by atoms with Crippen LogP contribution in [0.25, 0.3) is 22.3 Å². The Morgan fingerprint density at radius 2 is 1.94 bits per heavy atom. The van der Waals surface area contributed by atoms with Crippen LogP contribution < -0.4 is 5.32 Å². The van der Waals surface area contributed by atoms with Crippen LogP contribution in [0.3, 0.4) is 0 Å². The van der Waals surface area contributed by atoms with E-state index >= 15 is 0 Å². The third kappa shape index (κ3) is 7.38. The van der Waals surface area contributed by atoms with E-state index in [2.05, 4.69) is 55.9 Å². The first-order valence-electron chi connectivity index (χ1n) is 16.2. The van der Waals surface area contributed by atoms with Gasteiger partial charge in [0.15, 0.2) is 0 Å². The Morgan fingerprint density at radius 1 is 1.17 bits per heavy atom. The van der Waals surface area contributed by atoms with E-state index in [0.29, 0.717) is 13.2 Å². The van der Waals surface area contributed by atoms with Crippen LogP contribution in [-0.2, 0) is 29.8 Å². The van der Waals surface area contributed by atoms with Crippen molar-refractivity contribution >= 4 is 24.9 Å². The Labute approximate surface area is 278 Å². The second-order valence-corrected chi connectivity index (χ2v) is 19.7. The smallest absolute Gasteiger partial charge is 0.390 e. The average Bonchev–Trinajstić information content (AvgIpc) is 3.68. The van der Waals surface area contributed by atoms with Crippen molar-refractivity contribution in [3.63, 3.8) is 0 Å². The van der Waals surface area contributed by atoms with Gasteiger partial charge >= 0.3 is 6.18 Å². The summed E-state index contributed by atoms with van der Waals surface area (Å²) in [5.74, 6) is -1.20. The number of fused-ring (bicyclic) bond motifs is 1. The van der Waals surface area contributed by atoms with Crippen molar-refractivity contribution in [3.05, 3.63) is 48.6 Å². The van der Waals surface area contributed by atoms with Gasteiger partial charge in [-0.15, -0.1) is 0 Å². The minimum atomic E-state index is -4.70. The van der Waals surface area contributed by atoms with Gasteiger partial charge in [-0.05, 0) is 37.8 Å². The maximum atomic E-state index is 13.2. The van der Waals surface area contributed by atoms with Gasteiger partial charge in [0.2, 0.25) is 5.82 Å². The number of ether oxygens (including phenoxy) is 1. The Balaban J connectivity index is 1.08. The Morgan fingerprint density at radius 3 is 2.62 bits per heavy atom. The van der Waals surface area contributed by atoms with Gasteiger partial charge in [0.25, 0.3) is 0 Å². The van der Waals surface area contributed by atoms with Gasteiger partial charge in [-0.3, -0.25) is 4.68 Å². The van der Waals surface area contributed by atoms with Crippen molar-refractivity contribution in [3.8, 4) is 17.3 Å². The van der Waals surface area contributed by atoms with Gasteiger partial charge in [0.1, 0.15) is 24.5 Å². The normalized spacial score (nSPS) is 20.9. The lowest BCUT2D eigenvalue weighted by molar-refractivity contribution is -0.145. The maximum absolute atomic E-state index is 13.2. The van der Waals surface area contributed by atoms with Crippen molar-refractivity contribution < 1.29 is 23.0 Å². The zero-order chi connectivity index (χ0) is 34.1. The summed E-state index contributed by atoms with van der Waals surface area (Å²) in [6.45, 7) is 9.05. The minimum absolute atomic E-state index is 0.0577. The quantitative estimate of drug-likeness (QED) is 0.150. The largest absolute Gasteiger partial charge is 0.451 e. The molecule has 6 rings (SSSR count). The summed E-state index contributed by atoms with van der Waals surface area (Å²) in [6.07, 6.45) is 5.91. The third-order valence-corrected chi connectivity index (χ3v) is 11.1. The third-order valence-electron chi connectivity index (χ3n) is 9.36. The molecule has 48 heavy (non-hydrogen) atoms. The van der Waals surface area contributed by atoms with Crippen LogP contribution in [0.15, 0.2) is 37.1 Å². The first-order chi connectivity index (χ1) is 22.9. The van der Waals surface area contributed by atoms with Crippen LogP contribution in [-0.4, -0.2) is 84.1 Å². The number of aliphatic hydroxyl groups excluding tert-OH is 1. The molecule has 0 unspecified atom stereocenters. The predicted molar refractivity (Wildman–Crippen MR) is 175 cm³/mol. The van der Waals surface area contributed by atoms with E-state index in [0.717, 1.165) is 73.7 Å². The zero-order valence-electron chi connectivity index (χ0n) is 27.4. The number of nitrogens with zero attached hydrogens (tertiary/aromatic N) is 9. The molecule has 0 atom stereocenters. The fraction of sp³-hybridized carbons (Fsp3) is 0.562. The molecule has 1 saturated carbocycles. The van der Waals surface area contributed by atoms with Crippen molar-refractivity contribution in [1.82, 2.24) is 39.2 Å². The van der Waals surface area contributed by atoms with E-state index in [-0.39, 0.29) is 23.6 Å². The number of aliphatic hydroxyl groups is 1. The molecular formula is C32H41F3N10O2Si. The molecule has 256 valence electrons. The topological polar surface area (TPSA) is 143 Å². The van der Waals surface area contributed by atoms with E-state index in [1.165, 1.54) is 6.07 Å². The highest BCUT2D eigenvalue weighted by Gasteiger charge is 2.49. The Bertz CT molecular complexity index is 1770. The fourth-order valence-corrected chi connectivity index (χ4v) is 7.37. The molecule has 0 bridgehead atoms. The number of anilines is 1. The fourth-order valence-electron chi connectivity index (χ4n) is 6.62. The number of halogens is 3. The number of aromatic nitrogens is 7. The van der Waals surface area contributed by atoms with Crippen molar-refractivity contribution in [1.29, 1.82) is 5.26 Å². The highest BCUT2D eigenvalue weighted by atomic mass is 28.3. The zero-order valence-corrected chi connectivity index (χ0v) is 28.4. The summed E-state index contributed by atoms with van der Waals surface area (Å²) in [7, 11) is -1.18. The highest BCUT2D eigenvalue weighted by molar-refractivity contribution is 6.76. The molecule has 0 amide bonds. The molecular weight excluding hydrogens is 641 g/mol. The molecule has 1 aliphatic heterocycles. The number of hydrogen-bond donors (Lipinski definition) is 2. The van der Waals surface area contributed by atoms with Crippen LogP contribution in [0, 0.1) is 11.3 Å². The molecule has 2 N–H and O–H groups in total. The second kappa shape index (κ2) is 13.5. The molecule has 1 aliphatic carbocycles. The van der Waals surface area contributed by atoms with Crippen LogP contribution in [0.4, 0.5) is 19.0 Å². The summed E-state index contributed by atoms with van der Waals surface area (Å²) in [6, 6.07) is 7.03. The van der Waals surface area contributed by atoms with Gasteiger partial charge in [-0.1, -0.05) is 19.6 Å². The lowest BCUT2D eigenvalue weighted by Crippen LogP contribution is -2.58. The summed E-state index contributed by atoms with van der Waals surface area (Å²) in [5.41, 5.74) is 1.92. The number of nitriles is 1. The molecule has 0 spiro atoms. The summed E-state index contributed by atoms with van der Waals surface area (Å²) >= 11 is 0. The molecule has 4 aromatic rings. The number of alkyl halides is 3. The first-order valence-corrected chi connectivity index (χ1v) is 19.9. The van der Waals surface area contributed by atoms with Crippen LogP contribution in [0.1, 0.15) is 43.6 Å². The number of piperidine rings is 1. The molecule has 0 aromatic carbocycles. The Hall–Kier alpha value is -3.91. The van der Waals surface area contributed by atoms with E-state index in [1.54, 1.807) is 12.5 Å². The molecule has 16 heteroatoms. The monoisotopic (exact) mass is 682 g/mol. The molecule has 0 radical (unpaired) electrons.